The van der Waals surface area contributed by atoms with Gasteiger partial charge in [0.1, 0.15) is 5.52 Å². The summed E-state index contributed by atoms with van der Waals surface area (Å²) in [5.41, 5.74) is 4.41. The number of hydrogen-bond acceptors (Lipinski definition) is 4. The zero-order chi connectivity index (χ0) is 20.1. The molecule has 0 radical (unpaired) electrons. The Morgan fingerprint density at radius 1 is 0.862 bits per heavy atom. The molecule has 0 unspecified atom stereocenters. The molecule has 5 aromatic rings. The van der Waals surface area contributed by atoms with E-state index in [0.717, 1.165) is 16.8 Å². The van der Waals surface area contributed by atoms with E-state index in [0.29, 0.717) is 26.9 Å². The van der Waals surface area contributed by atoms with Crippen molar-refractivity contribution in [2.75, 3.05) is 0 Å². The van der Waals surface area contributed by atoms with Crippen LogP contribution in [0.2, 0.25) is 10.0 Å². The predicted molar refractivity (Wildman–Crippen MR) is 114 cm³/mol. The first-order valence-electron chi connectivity index (χ1n) is 8.82. The lowest BCUT2D eigenvalue weighted by molar-refractivity contribution is 0.905. The number of aromatic nitrogens is 5. The minimum Gasteiger partial charge on any atom is -0.282 e. The molecule has 2 aromatic carbocycles. The van der Waals surface area contributed by atoms with Crippen LogP contribution in [-0.4, -0.2) is 24.4 Å². The van der Waals surface area contributed by atoms with Crippen molar-refractivity contribution >= 4 is 39.9 Å². The Hall–Kier alpha value is -3.22. The molecule has 0 amide bonds. The summed E-state index contributed by atoms with van der Waals surface area (Å²) in [6, 6.07) is 16.3. The number of pyridine rings is 1. The van der Waals surface area contributed by atoms with Crippen molar-refractivity contribution in [2.45, 2.75) is 6.92 Å². The van der Waals surface area contributed by atoms with E-state index in [1.54, 1.807) is 35.0 Å². The number of aryl methyl sites for hydroxylation is 1. The van der Waals surface area contributed by atoms with Crippen molar-refractivity contribution in [3.8, 4) is 16.8 Å². The van der Waals surface area contributed by atoms with Gasteiger partial charge in [0.05, 0.1) is 11.3 Å². The maximum atomic E-state index is 13.0. The summed E-state index contributed by atoms with van der Waals surface area (Å²) in [6.07, 6.45) is 1.70. The van der Waals surface area contributed by atoms with E-state index in [4.69, 9.17) is 23.2 Å². The van der Waals surface area contributed by atoms with Gasteiger partial charge < -0.3 is 0 Å². The molecule has 0 aliphatic rings. The molecule has 0 aliphatic carbocycles. The van der Waals surface area contributed by atoms with Crippen LogP contribution >= 0.6 is 23.2 Å². The second-order valence-electron chi connectivity index (χ2n) is 6.60. The largest absolute Gasteiger partial charge is 0.285 e. The van der Waals surface area contributed by atoms with E-state index < -0.39 is 0 Å². The van der Waals surface area contributed by atoms with E-state index in [1.807, 2.05) is 37.3 Å². The van der Waals surface area contributed by atoms with Crippen molar-refractivity contribution in [3.05, 3.63) is 86.9 Å². The smallest absolute Gasteiger partial charge is 0.282 e. The van der Waals surface area contributed by atoms with Gasteiger partial charge in [-0.2, -0.15) is 5.10 Å². The lowest BCUT2D eigenvalue weighted by atomic mass is 10.1. The van der Waals surface area contributed by atoms with Crippen molar-refractivity contribution in [2.24, 2.45) is 0 Å². The van der Waals surface area contributed by atoms with E-state index in [1.165, 1.54) is 4.57 Å². The highest BCUT2D eigenvalue weighted by Crippen LogP contribution is 2.29. The Balaban J connectivity index is 1.75. The second-order valence-corrected chi connectivity index (χ2v) is 7.48. The molecule has 142 valence electrons. The molecule has 0 bridgehead atoms. The Kier molecular flexibility index (Phi) is 4.12. The molecule has 0 aliphatic heterocycles. The van der Waals surface area contributed by atoms with Crippen LogP contribution in [0, 0.1) is 6.92 Å². The molecular formula is C21H13Cl2N5O. The lowest BCUT2D eigenvalue weighted by Gasteiger charge is -2.07. The van der Waals surface area contributed by atoms with Crippen molar-refractivity contribution in [3.63, 3.8) is 0 Å². The Bertz CT molecular complexity index is 1440. The monoisotopic (exact) mass is 421 g/mol. The number of nitrogens with zero attached hydrogens (tertiary/aromatic N) is 5. The van der Waals surface area contributed by atoms with Gasteiger partial charge in [-0.1, -0.05) is 35.3 Å². The summed E-state index contributed by atoms with van der Waals surface area (Å²) >= 11 is 12.0. The highest BCUT2D eigenvalue weighted by atomic mass is 35.5. The molecule has 0 N–H and O–H groups in total. The van der Waals surface area contributed by atoms with Crippen molar-refractivity contribution in [1.82, 2.24) is 24.4 Å². The van der Waals surface area contributed by atoms with E-state index in [9.17, 15) is 4.79 Å². The van der Waals surface area contributed by atoms with Crippen LogP contribution in [0.25, 0.3) is 33.5 Å². The van der Waals surface area contributed by atoms with Crippen molar-refractivity contribution in [1.29, 1.82) is 0 Å². The zero-order valence-corrected chi connectivity index (χ0v) is 16.7. The first-order valence-corrected chi connectivity index (χ1v) is 9.58. The third-order valence-corrected chi connectivity index (χ3v) is 5.30. The minimum atomic E-state index is -0.277. The molecule has 0 saturated heterocycles. The Morgan fingerprint density at radius 3 is 2.21 bits per heavy atom. The summed E-state index contributed by atoms with van der Waals surface area (Å²) < 4.78 is 3.17. The molecule has 6 nitrogen and oxygen atoms in total. The van der Waals surface area contributed by atoms with Gasteiger partial charge >= 0.3 is 0 Å². The van der Waals surface area contributed by atoms with Crippen molar-refractivity contribution < 1.29 is 0 Å². The first-order chi connectivity index (χ1) is 14.0. The number of hydrogen-bond donors (Lipinski definition) is 0. The molecule has 0 fully saturated rings. The fourth-order valence-electron chi connectivity index (χ4n) is 3.41. The highest BCUT2D eigenvalue weighted by Gasteiger charge is 2.17. The summed E-state index contributed by atoms with van der Waals surface area (Å²) in [7, 11) is 0. The van der Waals surface area contributed by atoms with E-state index in [-0.39, 0.29) is 11.1 Å². The van der Waals surface area contributed by atoms with E-state index in [2.05, 4.69) is 15.3 Å². The summed E-state index contributed by atoms with van der Waals surface area (Å²) in [5, 5.41) is 14.4. The fraction of sp³-hybridized carbons (Fsp3) is 0.0476. The van der Waals surface area contributed by atoms with Gasteiger partial charge in [-0.3, -0.25) is 9.36 Å². The third kappa shape index (κ3) is 2.88. The average molecular weight is 422 g/mol. The molecular weight excluding hydrogens is 409 g/mol. The topological polar surface area (TPSA) is 65.1 Å². The maximum Gasteiger partial charge on any atom is 0.285 e. The van der Waals surface area contributed by atoms with Gasteiger partial charge in [0.2, 0.25) is 0 Å². The van der Waals surface area contributed by atoms with E-state index >= 15 is 0 Å². The van der Waals surface area contributed by atoms with Gasteiger partial charge in [-0.05, 0) is 55.0 Å². The predicted octanol–water partition coefficient (Wildman–Crippen LogP) is 4.71. The number of benzene rings is 2. The molecule has 29 heavy (non-hydrogen) atoms. The molecule has 3 aromatic heterocycles. The first kappa shape index (κ1) is 17.8. The maximum absolute atomic E-state index is 13.0. The fourth-order valence-corrected chi connectivity index (χ4v) is 3.66. The van der Waals surface area contributed by atoms with Gasteiger partial charge in [0.25, 0.3) is 5.56 Å². The summed E-state index contributed by atoms with van der Waals surface area (Å²) in [6.45, 7) is 1.90. The van der Waals surface area contributed by atoms with Gasteiger partial charge in [0, 0.05) is 21.9 Å². The zero-order valence-electron chi connectivity index (χ0n) is 15.2. The van der Waals surface area contributed by atoms with Gasteiger partial charge in [-0.15, -0.1) is 10.2 Å². The van der Waals surface area contributed by atoms with Gasteiger partial charge in [0.15, 0.2) is 11.2 Å². The molecule has 0 atom stereocenters. The molecule has 5 rings (SSSR count). The third-order valence-electron chi connectivity index (χ3n) is 4.79. The van der Waals surface area contributed by atoms with Crippen LogP contribution in [0.1, 0.15) is 5.69 Å². The Morgan fingerprint density at radius 2 is 1.52 bits per heavy atom. The second kappa shape index (κ2) is 6.69. The Labute approximate surface area is 175 Å². The molecule has 3 heterocycles. The molecule has 8 heteroatoms. The van der Waals surface area contributed by atoms with Crippen LogP contribution in [0.3, 0.4) is 0 Å². The number of halogens is 2. The van der Waals surface area contributed by atoms with Crippen LogP contribution in [0.5, 0.6) is 0 Å². The highest BCUT2D eigenvalue weighted by molar-refractivity contribution is 6.30. The van der Waals surface area contributed by atoms with Crippen LogP contribution in [0.15, 0.2) is 65.6 Å². The van der Waals surface area contributed by atoms with Crippen LogP contribution in [0.4, 0.5) is 0 Å². The summed E-state index contributed by atoms with van der Waals surface area (Å²) in [4.78, 5) is 13.0. The number of rotatable bonds is 2. The average Bonchev–Trinajstić information content (AvgIpc) is 3.06. The normalized spacial score (nSPS) is 11.4. The standard InChI is InChI=1S/C21H13Cl2N5O/c1-12-18(13-2-4-14(22)5-3-13)20-25-24-19-17(28(20)26-12)10-11-27(21(19)29)16-8-6-15(23)7-9-16/h2-11H,1H3. The van der Waals surface area contributed by atoms with Gasteiger partial charge in [-0.25, -0.2) is 4.52 Å². The quantitative estimate of drug-likeness (QED) is 0.413. The lowest BCUT2D eigenvalue weighted by Crippen LogP contribution is -2.20. The molecule has 0 spiro atoms. The van der Waals surface area contributed by atoms with Crippen LogP contribution < -0.4 is 5.56 Å². The summed E-state index contributed by atoms with van der Waals surface area (Å²) in [5.74, 6) is 0. The van der Waals surface area contributed by atoms with Crippen LogP contribution in [-0.2, 0) is 0 Å². The number of fused-ring (bicyclic) bond motifs is 3. The SMILES string of the molecule is Cc1nn2c(nnc3c(=O)n(-c4ccc(Cl)cc4)ccc32)c1-c1ccc(Cl)cc1. The minimum absolute atomic E-state index is 0.236. The molecule has 0 saturated carbocycles.